The molecule has 6 heteroatoms. The van der Waals surface area contributed by atoms with Crippen LogP contribution in [-0.2, 0) is 19.7 Å². The zero-order valence-electron chi connectivity index (χ0n) is 17.1. The summed E-state index contributed by atoms with van der Waals surface area (Å²) in [6, 6.07) is 13.1. The Balaban J connectivity index is 1.92. The average molecular weight is 397 g/mol. The summed E-state index contributed by atoms with van der Waals surface area (Å²) in [5.74, 6) is -0.190. The first-order valence-corrected chi connectivity index (χ1v) is 9.81. The molecule has 1 aliphatic rings. The van der Waals surface area contributed by atoms with Gasteiger partial charge in [-0.05, 0) is 50.5 Å². The van der Waals surface area contributed by atoms with Gasteiger partial charge in [0, 0.05) is 18.9 Å². The number of carbonyl (C=O) groups is 2. The lowest BCUT2D eigenvalue weighted by Crippen LogP contribution is -2.44. The molecule has 0 saturated carbocycles. The Bertz CT molecular complexity index is 869. The van der Waals surface area contributed by atoms with E-state index in [0.29, 0.717) is 44.1 Å². The van der Waals surface area contributed by atoms with E-state index in [0.717, 1.165) is 11.1 Å². The molecule has 2 aromatic rings. The molecule has 0 radical (unpaired) electrons. The first-order chi connectivity index (χ1) is 14.0. The maximum Gasteiger partial charge on any atom is 0.341 e. The van der Waals surface area contributed by atoms with Gasteiger partial charge in [0.1, 0.15) is 11.3 Å². The fourth-order valence-corrected chi connectivity index (χ4v) is 3.65. The minimum Gasteiger partial charge on any atom is -0.493 e. The number of rotatable bonds is 6. The number of hydrogen-bond acceptors (Lipinski definition) is 5. The van der Waals surface area contributed by atoms with Crippen molar-refractivity contribution in [1.82, 2.24) is 0 Å². The lowest BCUT2D eigenvalue weighted by atomic mass is 9.73. The minimum absolute atomic E-state index is 0.107. The number of benzene rings is 2. The van der Waals surface area contributed by atoms with E-state index in [-0.39, 0.29) is 11.5 Å². The van der Waals surface area contributed by atoms with E-state index >= 15 is 0 Å². The number of methoxy groups -OCH3 is 1. The summed E-state index contributed by atoms with van der Waals surface area (Å²) < 4.78 is 15.9. The molecular weight excluding hydrogens is 370 g/mol. The van der Waals surface area contributed by atoms with Crippen molar-refractivity contribution >= 4 is 17.6 Å². The number of aryl methyl sites for hydroxylation is 1. The normalized spacial score (nSPS) is 15.4. The molecule has 0 aromatic heterocycles. The Morgan fingerprint density at radius 3 is 2.41 bits per heavy atom. The highest BCUT2D eigenvalue weighted by atomic mass is 16.5. The van der Waals surface area contributed by atoms with Gasteiger partial charge in [-0.2, -0.15) is 0 Å². The molecule has 1 aliphatic heterocycles. The summed E-state index contributed by atoms with van der Waals surface area (Å²) in [6.45, 7) is 5.34. The van der Waals surface area contributed by atoms with Crippen molar-refractivity contribution in [2.45, 2.75) is 32.1 Å². The quantitative estimate of drug-likeness (QED) is 0.749. The standard InChI is InChI=1S/C23H27NO5/c1-4-29-20-10-9-18(15-19(20)21(25)27-3)24-22(26)23(11-13-28-14-12-23)17-7-5-16(2)6-8-17/h5-10,15H,4,11-14H2,1-3H3,(H,24,26). The van der Waals surface area contributed by atoms with Crippen LogP contribution in [-0.4, -0.2) is 38.8 Å². The monoisotopic (exact) mass is 397 g/mol. The lowest BCUT2D eigenvalue weighted by Gasteiger charge is -2.36. The Morgan fingerprint density at radius 2 is 1.79 bits per heavy atom. The summed E-state index contributed by atoms with van der Waals surface area (Å²) in [7, 11) is 1.32. The number of carbonyl (C=O) groups excluding carboxylic acids is 2. The van der Waals surface area contributed by atoms with Crippen molar-refractivity contribution < 1.29 is 23.8 Å². The zero-order chi connectivity index (χ0) is 20.9. The maximum atomic E-state index is 13.4. The van der Waals surface area contributed by atoms with Crippen molar-refractivity contribution in [3.8, 4) is 5.75 Å². The van der Waals surface area contributed by atoms with E-state index in [2.05, 4.69) is 5.32 Å². The smallest absolute Gasteiger partial charge is 0.341 e. The molecule has 0 spiro atoms. The van der Waals surface area contributed by atoms with Crippen molar-refractivity contribution in [1.29, 1.82) is 0 Å². The Kier molecular flexibility index (Phi) is 6.54. The van der Waals surface area contributed by atoms with Gasteiger partial charge in [-0.15, -0.1) is 0 Å². The predicted octanol–water partition coefficient (Wildman–Crippen LogP) is 3.87. The van der Waals surface area contributed by atoms with Crippen LogP contribution in [0, 0.1) is 6.92 Å². The van der Waals surface area contributed by atoms with E-state index in [1.54, 1.807) is 18.2 Å². The molecule has 154 valence electrons. The first kappa shape index (κ1) is 20.9. The molecule has 29 heavy (non-hydrogen) atoms. The van der Waals surface area contributed by atoms with Gasteiger partial charge in [0.15, 0.2) is 0 Å². The van der Waals surface area contributed by atoms with Gasteiger partial charge in [-0.1, -0.05) is 29.8 Å². The molecular formula is C23H27NO5. The summed E-state index contributed by atoms with van der Waals surface area (Å²) >= 11 is 0. The number of ether oxygens (including phenoxy) is 3. The number of nitrogens with one attached hydrogen (secondary N) is 1. The summed E-state index contributed by atoms with van der Waals surface area (Å²) in [4.78, 5) is 25.6. The molecule has 1 N–H and O–H groups in total. The molecule has 2 aromatic carbocycles. The zero-order valence-corrected chi connectivity index (χ0v) is 17.1. The van der Waals surface area contributed by atoms with Gasteiger partial charge >= 0.3 is 5.97 Å². The maximum absolute atomic E-state index is 13.4. The van der Waals surface area contributed by atoms with Crippen molar-refractivity contribution in [2.24, 2.45) is 0 Å². The summed E-state index contributed by atoms with van der Waals surface area (Å²) in [5.41, 5.74) is 2.25. The Morgan fingerprint density at radius 1 is 1.10 bits per heavy atom. The molecule has 1 heterocycles. The van der Waals surface area contributed by atoms with Crippen molar-refractivity contribution in [2.75, 3.05) is 32.2 Å². The van der Waals surface area contributed by atoms with Gasteiger partial charge in [0.25, 0.3) is 0 Å². The molecule has 0 bridgehead atoms. The third-order valence-corrected chi connectivity index (χ3v) is 5.33. The molecule has 1 fully saturated rings. The number of anilines is 1. The van der Waals surface area contributed by atoms with Crippen molar-refractivity contribution in [3.63, 3.8) is 0 Å². The molecule has 0 unspecified atom stereocenters. The van der Waals surface area contributed by atoms with E-state index in [9.17, 15) is 9.59 Å². The molecule has 1 amide bonds. The van der Waals surface area contributed by atoms with Crippen LogP contribution in [0.3, 0.4) is 0 Å². The topological polar surface area (TPSA) is 73.9 Å². The van der Waals surface area contributed by atoms with Crippen molar-refractivity contribution in [3.05, 3.63) is 59.2 Å². The second-order valence-corrected chi connectivity index (χ2v) is 7.15. The highest BCUT2D eigenvalue weighted by Crippen LogP contribution is 2.36. The van der Waals surface area contributed by atoms with Gasteiger partial charge in [0.2, 0.25) is 5.91 Å². The van der Waals surface area contributed by atoms with Crippen LogP contribution in [0.2, 0.25) is 0 Å². The fraction of sp³-hybridized carbons (Fsp3) is 0.391. The molecule has 6 nitrogen and oxygen atoms in total. The molecule has 0 atom stereocenters. The van der Waals surface area contributed by atoms with E-state index in [4.69, 9.17) is 14.2 Å². The molecule has 3 rings (SSSR count). The third-order valence-electron chi connectivity index (χ3n) is 5.33. The predicted molar refractivity (Wildman–Crippen MR) is 110 cm³/mol. The van der Waals surface area contributed by atoms with Crippen LogP contribution in [0.4, 0.5) is 5.69 Å². The van der Waals surface area contributed by atoms with E-state index in [1.165, 1.54) is 7.11 Å². The Labute approximate surface area is 171 Å². The van der Waals surface area contributed by atoms with Crippen LogP contribution in [0.25, 0.3) is 0 Å². The molecule has 0 aliphatic carbocycles. The van der Waals surface area contributed by atoms with Gasteiger partial charge in [0.05, 0.1) is 19.1 Å². The average Bonchev–Trinajstić information content (AvgIpc) is 2.75. The second-order valence-electron chi connectivity index (χ2n) is 7.15. The van der Waals surface area contributed by atoms with Gasteiger partial charge in [-0.25, -0.2) is 4.79 Å². The summed E-state index contributed by atoms with van der Waals surface area (Å²) in [5, 5.41) is 3.00. The lowest BCUT2D eigenvalue weighted by molar-refractivity contribution is -0.125. The van der Waals surface area contributed by atoms with Crippen LogP contribution >= 0.6 is 0 Å². The highest BCUT2D eigenvalue weighted by Gasteiger charge is 2.41. The fourth-order valence-electron chi connectivity index (χ4n) is 3.65. The summed E-state index contributed by atoms with van der Waals surface area (Å²) in [6.07, 6.45) is 1.20. The van der Waals surface area contributed by atoms with E-state index in [1.807, 2.05) is 38.1 Å². The highest BCUT2D eigenvalue weighted by molar-refractivity contribution is 6.01. The van der Waals surface area contributed by atoms with Crippen LogP contribution in [0.5, 0.6) is 5.75 Å². The first-order valence-electron chi connectivity index (χ1n) is 9.81. The van der Waals surface area contributed by atoms with Crippen LogP contribution in [0.1, 0.15) is 41.3 Å². The van der Waals surface area contributed by atoms with E-state index < -0.39 is 11.4 Å². The second kappa shape index (κ2) is 9.09. The van der Waals surface area contributed by atoms with Crippen LogP contribution < -0.4 is 10.1 Å². The van der Waals surface area contributed by atoms with Gasteiger partial charge < -0.3 is 19.5 Å². The molecule has 1 saturated heterocycles. The van der Waals surface area contributed by atoms with Crippen LogP contribution in [0.15, 0.2) is 42.5 Å². The minimum atomic E-state index is -0.671. The number of hydrogen-bond donors (Lipinski definition) is 1. The largest absolute Gasteiger partial charge is 0.493 e. The number of amides is 1. The Hall–Kier alpha value is -2.86. The van der Waals surface area contributed by atoms with Gasteiger partial charge in [-0.3, -0.25) is 4.79 Å². The SMILES string of the molecule is CCOc1ccc(NC(=O)C2(c3ccc(C)cc3)CCOCC2)cc1C(=O)OC. The number of esters is 1. The third kappa shape index (κ3) is 4.43.